The van der Waals surface area contributed by atoms with Crippen LogP contribution in [-0.2, 0) is 12.5 Å². The maximum absolute atomic E-state index is 4.29. The van der Waals surface area contributed by atoms with Gasteiger partial charge in [-0.05, 0) is 97.3 Å². The van der Waals surface area contributed by atoms with Crippen molar-refractivity contribution in [2.24, 2.45) is 24.8 Å². The SMILES string of the molecule is Cc1cnccc1-c1c2ccc(C34CC5CC(CC(C5)C3)C4)cc2cc[n+]1C. The molecule has 4 fully saturated rings. The Labute approximate surface area is 167 Å². The third-order valence-electron chi connectivity index (χ3n) is 8.06. The summed E-state index contributed by atoms with van der Waals surface area (Å²) in [7, 11) is 2.15. The van der Waals surface area contributed by atoms with E-state index in [1.54, 1.807) is 5.56 Å². The van der Waals surface area contributed by atoms with E-state index in [1.165, 1.54) is 66.1 Å². The lowest BCUT2D eigenvalue weighted by molar-refractivity contribution is -0.659. The van der Waals surface area contributed by atoms with E-state index in [-0.39, 0.29) is 0 Å². The first kappa shape index (κ1) is 16.7. The molecule has 142 valence electrons. The number of rotatable bonds is 2. The molecule has 2 heterocycles. The fraction of sp³-hybridized carbons (Fsp3) is 0.462. The Morgan fingerprint density at radius 3 is 2.36 bits per heavy atom. The Hall–Kier alpha value is -2.22. The highest BCUT2D eigenvalue weighted by Gasteiger charge is 2.51. The van der Waals surface area contributed by atoms with Crippen LogP contribution in [0.2, 0.25) is 0 Å². The van der Waals surface area contributed by atoms with Crippen LogP contribution in [0.15, 0.2) is 48.9 Å². The molecule has 4 saturated carbocycles. The standard InChI is InChI=1S/C26H29N2/c1-17-16-27-7-5-23(17)25-24-4-3-22(12-21(24)6-8-28(25)2)26-13-18-9-19(14-26)11-20(10-18)15-26/h3-8,12,16,18-20H,9-11,13-15H2,1-2H3/q+1. The molecule has 4 bridgehead atoms. The molecule has 0 spiro atoms. The number of aryl methyl sites for hydroxylation is 2. The van der Waals surface area contributed by atoms with Gasteiger partial charge >= 0.3 is 0 Å². The van der Waals surface area contributed by atoms with Gasteiger partial charge in [-0.2, -0.15) is 0 Å². The van der Waals surface area contributed by atoms with Gasteiger partial charge in [0.15, 0.2) is 6.20 Å². The number of aromatic nitrogens is 2. The lowest BCUT2D eigenvalue weighted by atomic mass is 9.48. The summed E-state index contributed by atoms with van der Waals surface area (Å²) < 4.78 is 2.26. The Bertz CT molecular complexity index is 1050. The van der Waals surface area contributed by atoms with Crippen molar-refractivity contribution in [1.29, 1.82) is 0 Å². The lowest BCUT2D eigenvalue weighted by Crippen LogP contribution is -2.48. The summed E-state index contributed by atoms with van der Waals surface area (Å²) in [5, 5.41) is 2.74. The summed E-state index contributed by atoms with van der Waals surface area (Å²) in [6.07, 6.45) is 14.9. The van der Waals surface area contributed by atoms with Gasteiger partial charge in [-0.25, -0.2) is 4.57 Å². The molecule has 0 atom stereocenters. The minimum absolute atomic E-state index is 0.466. The summed E-state index contributed by atoms with van der Waals surface area (Å²) in [6.45, 7) is 2.16. The van der Waals surface area contributed by atoms with E-state index in [0.717, 1.165) is 17.8 Å². The second-order valence-corrected chi connectivity index (χ2v) is 9.97. The molecule has 3 aromatic rings. The van der Waals surface area contributed by atoms with E-state index in [1.807, 2.05) is 12.4 Å². The van der Waals surface area contributed by atoms with Gasteiger partial charge in [0, 0.05) is 18.5 Å². The molecule has 0 unspecified atom stereocenters. The average Bonchev–Trinajstić information content (AvgIpc) is 2.67. The number of pyridine rings is 2. The molecule has 0 aliphatic heterocycles. The first-order valence-corrected chi connectivity index (χ1v) is 11.0. The van der Waals surface area contributed by atoms with Gasteiger partial charge in [0.05, 0.1) is 10.9 Å². The van der Waals surface area contributed by atoms with Crippen molar-refractivity contribution in [2.45, 2.75) is 50.9 Å². The van der Waals surface area contributed by atoms with Crippen molar-refractivity contribution in [3.8, 4) is 11.3 Å². The number of fused-ring (bicyclic) bond motifs is 1. The Balaban J connectivity index is 1.50. The summed E-state index contributed by atoms with van der Waals surface area (Å²) in [5.41, 5.74) is 5.90. The summed E-state index contributed by atoms with van der Waals surface area (Å²) in [4.78, 5) is 4.29. The van der Waals surface area contributed by atoms with Gasteiger partial charge in [-0.15, -0.1) is 0 Å². The molecule has 2 aromatic heterocycles. The average molecular weight is 370 g/mol. The third-order valence-corrected chi connectivity index (χ3v) is 8.06. The van der Waals surface area contributed by atoms with Gasteiger partial charge in [0.25, 0.3) is 0 Å². The lowest BCUT2D eigenvalue weighted by Gasteiger charge is -2.57. The van der Waals surface area contributed by atoms with E-state index < -0.39 is 0 Å². The molecular formula is C26H29N2+. The molecule has 2 heteroatoms. The van der Waals surface area contributed by atoms with Crippen LogP contribution in [0.5, 0.6) is 0 Å². The van der Waals surface area contributed by atoms with Gasteiger partial charge < -0.3 is 0 Å². The maximum Gasteiger partial charge on any atom is 0.220 e. The predicted molar refractivity (Wildman–Crippen MR) is 113 cm³/mol. The Kier molecular flexibility index (Phi) is 3.51. The van der Waals surface area contributed by atoms with Crippen LogP contribution in [0.1, 0.15) is 49.7 Å². The first-order valence-electron chi connectivity index (χ1n) is 11.0. The van der Waals surface area contributed by atoms with Crippen LogP contribution in [-0.4, -0.2) is 4.98 Å². The smallest absolute Gasteiger partial charge is 0.220 e. The van der Waals surface area contributed by atoms with Gasteiger partial charge in [-0.3, -0.25) is 4.98 Å². The van der Waals surface area contributed by atoms with Crippen LogP contribution >= 0.6 is 0 Å². The fourth-order valence-electron chi connectivity index (χ4n) is 7.24. The molecule has 2 nitrogen and oxygen atoms in total. The van der Waals surface area contributed by atoms with E-state index in [0.29, 0.717) is 5.41 Å². The highest BCUT2D eigenvalue weighted by atomic mass is 14.9. The van der Waals surface area contributed by atoms with Crippen LogP contribution in [0.4, 0.5) is 0 Å². The highest BCUT2D eigenvalue weighted by Crippen LogP contribution is 2.60. The van der Waals surface area contributed by atoms with Gasteiger partial charge in [0.1, 0.15) is 7.05 Å². The van der Waals surface area contributed by atoms with E-state index >= 15 is 0 Å². The molecule has 0 amide bonds. The van der Waals surface area contributed by atoms with Crippen molar-refractivity contribution in [3.63, 3.8) is 0 Å². The Morgan fingerprint density at radius 2 is 1.68 bits per heavy atom. The quantitative estimate of drug-likeness (QED) is 0.545. The molecule has 0 saturated heterocycles. The summed E-state index contributed by atoms with van der Waals surface area (Å²) in [6, 6.07) is 11.9. The Morgan fingerprint density at radius 1 is 0.964 bits per heavy atom. The van der Waals surface area contributed by atoms with E-state index in [9.17, 15) is 0 Å². The predicted octanol–water partition coefficient (Wildman–Crippen LogP) is 5.50. The van der Waals surface area contributed by atoms with Crippen molar-refractivity contribution in [2.75, 3.05) is 0 Å². The zero-order chi connectivity index (χ0) is 18.9. The number of hydrogen-bond acceptors (Lipinski definition) is 1. The number of hydrogen-bond donors (Lipinski definition) is 0. The zero-order valence-electron chi connectivity index (χ0n) is 17.0. The molecule has 1 aromatic carbocycles. The normalized spacial score (nSPS) is 30.9. The summed E-state index contributed by atoms with van der Waals surface area (Å²) in [5.74, 6) is 2.97. The first-order chi connectivity index (χ1) is 13.6. The van der Waals surface area contributed by atoms with Crippen LogP contribution in [0, 0.1) is 24.7 Å². The topological polar surface area (TPSA) is 16.8 Å². The van der Waals surface area contributed by atoms with Crippen molar-refractivity contribution in [1.82, 2.24) is 4.98 Å². The third kappa shape index (κ3) is 2.40. The minimum atomic E-state index is 0.466. The van der Waals surface area contributed by atoms with Crippen LogP contribution < -0.4 is 4.57 Å². The number of benzene rings is 1. The molecule has 4 aliphatic carbocycles. The molecule has 0 N–H and O–H groups in total. The second kappa shape index (κ2) is 5.89. The number of nitrogens with zero attached hydrogens (tertiary/aromatic N) is 2. The fourth-order valence-corrected chi connectivity index (χ4v) is 7.24. The monoisotopic (exact) mass is 369 g/mol. The minimum Gasteiger partial charge on any atom is -0.264 e. The molecule has 0 radical (unpaired) electrons. The largest absolute Gasteiger partial charge is 0.264 e. The van der Waals surface area contributed by atoms with Crippen molar-refractivity contribution < 1.29 is 4.57 Å². The second-order valence-electron chi connectivity index (χ2n) is 9.97. The molecular weight excluding hydrogens is 340 g/mol. The molecule has 4 aliphatic rings. The van der Waals surface area contributed by atoms with Crippen LogP contribution in [0.3, 0.4) is 0 Å². The van der Waals surface area contributed by atoms with E-state index in [4.69, 9.17) is 0 Å². The molecule has 28 heavy (non-hydrogen) atoms. The molecule has 7 rings (SSSR count). The highest BCUT2D eigenvalue weighted by molar-refractivity contribution is 5.94. The summed E-state index contributed by atoms with van der Waals surface area (Å²) >= 11 is 0. The zero-order valence-corrected chi connectivity index (χ0v) is 17.0. The van der Waals surface area contributed by atoms with Crippen molar-refractivity contribution >= 4 is 10.8 Å². The van der Waals surface area contributed by atoms with Crippen molar-refractivity contribution in [3.05, 3.63) is 60.0 Å². The van der Waals surface area contributed by atoms with Gasteiger partial charge in [0.2, 0.25) is 5.69 Å². The van der Waals surface area contributed by atoms with E-state index in [2.05, 4.69) is 60.1 Å². The maximum atomic E-state index is 4.29. The van der Waals surface area contributed by atoms with Crippen LogP contribution in [0.25, 0.3) is 22.0 Å². The van der Waals surface area contributed by atoms with Gasteiger partial charge in [-0.1, -0.05) is 12.1 Å².